The summed E-state index contributed by atoms with van der Waals surface area (Å²) >= 11 is 0. The highest BCUT2D eigenvalue weighted by molar-refractivity contribution is 5.95. The van der Waals surface area contributed by atoms with E-state index in [0.29, 0.717) is 13.0 Å². The fourth-order valence-corrected chi connectivity index (χ4v) is 3.85. The number of anilines is 1. The summed E-state index contributed by atoms with van der Waals surface area (Å²) in [6, 6.07) is 13.8. The van der Waals surface area contributed by atoms with Gasteiger partial charge in [0.1, 0.15) is 5.82 Å². The van der Waals surface area contributed by atoms with Crippen molar-refractivity contribution in [3.63, 3.8) is 0 Å². The van der Waals surface area contributed by atoms with E-state index in [1.165, 1.54) is 18.2 Å². The second kappa shape index (κ2) is 9.18. The number of nitrogens with one attached hydrogen (secondary N) is 1. The van der Waals surface area contributed by atoms with E-state index < -0.39 is 0 Å². The van der Waals surface area contributed by atoms with E-state index in [1.807, 2.05) is 38.1 Å². The molecule has 1 aromatic heterocycles. The molecule has 1 fully saturated rings. The van der Waals surface area contributed by atoms with Gasteiger partial charge in [-0.15, -0.1) is 0 Å². The fraction of sp³-hybridized carbons (Fsp3) is 0.240. The van der Waals surface area contributed by atoms with Crippen LogP contribution in [-0.4, -0.2) is 28.1 Å². The van der Waals surface area contributed by atoms with E-state index in [9.17, 15) is 14.0 Å². The minimum atomic E-state index is -0.300. The number of carbonyl (C=O) groups is 2. The molecule has 0 atom stereocenters. The molecule has 0 bridgehead atoms. The van der Waals surface area contributed by atoms with E-state index >= 15 is 0 Å². The Bertz CT molecular complexity index is 1160. The lowest BCUT2D eigenvalue weighted by atomic mass is 10.1. The zero-order valence-electron chi connectivity index (χ0n) is 18.1. The molecule has 2 heterocycles. The molecule has 3 aromatic rings. The molecule has 0 spiro atoms. The third-order valence-corrected chi connectivity index (χ3v) is 5.61. The molecule has 164 valence electrons. The Labute approximate surface area is 186 Å². The highest BCUT2D eigenvalue weighted by atomic mass is 19.1. The van der Waals surface area contributed by atoms with Crippen molar-refractivity contribution >= 4 is 23.6 Å². The van der Waals surface area contributed by atoms with E-state index in [-0.39, 0.29) is 17.6 Å². The van der Waals surface area contributed by atoms with Gasteiger partial charge in [0.25, 0.3) is 0 Å². The standard InChI is InChI=1S/C25H25FN4O2/c1-17-23(18(2)30(28-17)22-11-7-20(26)8-12-22)13-14-24(31)27-16-19-5-9-21(10-6-19)29-15-3-4-25(29)32/h5-14H,3-4,15-16H2,1-2H3,(H,27,31)/b14-13+. The van der Waals surface area contributed by atoms with Crippen molar-refractivity contribution in [2.45, 2.75) is 33.2 Å². The van der Waals surface area contributed by atoms with Crippen LogP contribution in [-0.2, 0) is 16.1 Å². The van der Waals surface area contributed by atoms with Gasteiger partial charge in [0.2, 0.25) is 11.8 Å². The van der Waals surface area contributed by atoms with Crippen LogP contribution in [0.15, 0.2) is 54.6 Å². The quantitative estimate of drug-likeness (QED) is 0.597. The Morgan fingerprint density at radius 1 is 1.09 bits per heavy atom. The summed E-state index contributed by atoms with van der Waals surface area (Å²) in [4.78, 5) is 26.0. The number of benzene rings is 2. The number of rotatable bonds is 6. The number of nitrogens with zero attached hydrogens (tertiary/aromatic N) is 3. The third kappa shape index (κ3) is 4.61. The Balaban J connectivity index is 1.37. The maximum absolute atomic E-state index is 13.2. The zero-order chi connectivity index (χ0) is 22.7. The second-order valence-corrected chi connectivity index (χ2v) is 7.84. The SMILES string of the molecule is Cc1nn(-c2ccc(F)cc2)c(C)c1/C=C/C(=O)NCc1ccc(N2CCCC2=O)cc1. The molecule has 1 aliphatic heterocycles. The highest BCUT2D eigenvalue weighted by Crippen LogP contribution is 2.22. The topological polar surface area (TPSA) is 67.2 Å². The molecule has 1 aliphatic rings. The predicted molar refractivity (Wildman–Crippen MR) is 122 cm³/mol. The monoisotopic (exact) mass is 432 g/mol. The molecule has 0 aliphatic carbocycles. The van der Waals surface area contributed by atoms with Crippen LogP contribution in [0, 0.1) is 19.7 Å². The largest absolute Gasteiger partial charge is 0.348 e. The van der Waals surface area contributed by atoms with Crippen molar-refractivity contribution < 1.29 is 14.0 Å². The minimum absolute atomic E-state index is 0.157. The number of hydrogen-bond donors (Lipinski definition) is 1. The Hall–Kier alpha value is -3.74. The van der Waals surface area contributed by atoms with E-state index in [2.05, 4.69) is 10.4 Å². The lowest BCUT2D eigenvalue weighted by molar-refractivity contribution is -0.117. The molecular weight excluding hydrogens is 407 g/mol. The molecule has 7 heteroatoms. The van der Waals surface area contributed by atoms with Crippen LogP contribution in [0.2, 0.25) is 0 Å². The van der Waals surface area contributed by atoms with Gasteiger partial charge in [-0.3, -0.25) is 9.59 Å². The average Bonchev–Trinajstić information content (AvgIpc) is 3.34. The van der Waals surface area contributed by atoms with Crippen LogP contribution in [0.1, 0.15) is 35.4 Å². The molecular formula is C25H25FN4O2. The molecule has 2 aromatic carbocycles. The lowest BCUT2D eigenvalue weighted by Crippen LogP contribution is -2.23. The van der Waals surface area contributed by atoms with Crippen LogP contribution in [0.3, 0.4) is 0 Å². The number of hydrogen-bond acceptors (Lipinski definition) is 3. The van der Waals surface area contributed by atoms with Crippen LogP contribution >= 0.6 is 0 Å². The molecule has 1 N–H and O–H groups in total. The van der Waals surface area contributed by atoms with Crippen LogP contribution in [0.5, 0.6) is 0 Å². The number of aromatic nitrogens is 2. The second-order valence-electron chi connectivity index (χ2n) is 7.84. The van der Waals surface area contributed by atoms with Crippen LogP contribution in [0.25, 0.3) is 11.8 Å². The first kappa shape index (κ1) is 21.5. The Morgan fingerprint density at radius 2 is 1.78 bits per heavy atom. The van der Waals surface area contributed by atoms with Crippen molar-refractivity contribution in [2.75, 3.05) is 11.4 Å². The number of halogens is 1. The van der Waals surface area contributed by atoms with Crippen LogP contribution in [0.4, 0.5) is 10.1 Å². The molecule has 4 rings (SSSR count). The van der Waals surface area contributed by atoms with Gasteiger partial charge in [0, 0.05) is 42.5 Å². The van der Waals surface area contributed by atoms with Gasteiger partial charge in [-0.05, 0) is 68.3 Å². The highest BCUT2D eigenvalue weighted by Gasteiger charge is 2.21. The molecule has 2 amide bonds. The number of amides is 2. The smallest absolute Gasteiger partial charge is 0.244 e. The normalized spacial score (nSPS) is 13.8. The van der Waals surface area contributed by atoms with Crippen LogP contribution < -0.4 is 10.2 Å². The van der Waals surface area contributed by atoms with Crippen molar-refractivity contribution in [2.24, 2.45) is 0 Å². The fourth-order valence-electron chi connectivity index (χ4n) is 3.85. The van der Waals surface area contributed by atoms with Crippen molar-refractivity contribution in [3.05, 3.63) is 82.9 Å². The number of carbonyl (C=O) groups excluding carboxylic acids is 2. The molecule has 6 nitrogen and oxygen atoms in total. The molecule has 0 saturated carbocycles. The summed E-state index contributed by atoms with van der Waals surface area (Å²) in [5, 5.41) is 7.39. The summed E-state index contributed by atoms with van der Waals surface area (Å²) in [6.07, 6.45) is 4.73. The third-order valence-electron chi connectivity index (χ3n) is 5.61. The van der Waals surface area contributed by atoms with E-state index in [1.54, 1.807) is 27.8 Å². The van der Waals surface area contributed by atoms with E-state index in [4.69, 9.17) is 0 Å². The summed E-state index contributed by atoms with van der Waals surface area (Å²) in [6.45, 7) is 4.94. The van der Waals surface area contributed by atoms with E-state index in [0.717, 1.165) is 46.9 Å². The summed E-state index contributed by atoms with van der Waals surface area (Å²) in [7, 11) is 0. The molecule has 0 radical (unpaired) electrons. The Kier molecular flexibility index (Phi) is 6.16. The van der Waals surface area contributed by atoms with Gasteiger partial charge >= 0.3 is 0 Å². The number of aryl methyl sites for hydroxylation is 1. The van der Waals surface area contributed by atoms with Gasteiger partial charge in [-0.25, -0.2) is 9.07 Å². The van der Waals surface area contributed by atoms with Gasteiger partial charge in [0.15, 0.2) is 0 Å². The van der Waals surface area contributed by atoms with Gasteiger partial charge in [-0.1, -0.05) is 12.1 Å². The maximum atomic E-state index is 13.2. The lowest BCUT2D eigenvalue weighted by Gasteiger charge is -2.15. The van der Waals surface area contributed by atoms with Gasteiger partial charge in [0.05, 0.1) is 11.4 Å². The molecule has 1 saturated heterocycles. The molecule has 0 unspecified atom stereocenters. The van der Waals surface area contributed by atoms with Gasteiger partial charge in [-0.2, -0.15) is 5.10 Å². The molecule has 32 heavy (non-hydrogen) atoms. The Morgan fingerprint density at radius 3 is 2.44 bits per heavy atom. The zero-order valence-corrected chi connectivity index (χ0v) is 18.1. The minimum Gasteiger partial charge on any atom is -0.348 e. The summed E-state index contributed by atoms with van der Waals surface area (Å²) in [5.74, 6) is -0.354. The van der Waals surface area contributed by atoms with Gasteiger partial charge < -0.3 is 10.2 Å². The summed E-state index contributed by atoms with van der Waals surface area (Å²) in [5.41, 5.74) is 5.11. The first-order chi connectivity index (χ1) is 15.4. The predicted octanol–water partition coefficient (Wildman–Crippen LogP) is 4.08. The van der Waals surface area contributed by atoms with Crippen molar-refractivity contribution in [3.8, 4) is 5.69 Å². The first-order valence-electron chi connectivity index (χ1n) is 10.6. The first-order valence-corrected chi connectivity index (χ1v) is 10.6. The average molecular weight is 432 g/mol. The van der Waals surface area contributed by atoms with Crippen molar-refractivity contribution in [1.29, 1.82) is 0 Å². The summed E-state index contributed by atoms with van der Waals surface area (Å²) < 4.78 is 14.9. The maximum Gasteiger partial charge on any atom is 0.244 e. The van der Waals surface area contributed by atoms with Crippen molar-refractivity contribution in [1.82, 2.24) is 15.1 Å².